The molecule has 1 aromatic heterocycles. The molecule has 2 rings (SSSR count). The first-order valence-electron chi connectivity index (χ1n) is 5.73. The molecule has 17 heavy (non-hydrogen) atoms. The van der Waals surface area contributed by atoms with Gasteiger partial charge in [0, 0.05) is 26.2 Å². The van der Waals surface area contributed by atoms with Crippen molar-refractivity contribution < 1.29 is 9.90 Å². The van der Waals surface area contributed by atoms with Crippen molar-refractivity contribution in [2.45, 2.75) is 19.6 Å². The summed E-state index contributed by atoms with van der Waals surface area (Å²) in [6.45, 7) is 4.75. The van der Waals surface area contributed by atoms with Crippen molar-refractivity contribution in [1.29, 1.82) is 0 Å². The number of aliphatic hydroxyl groups excluding tert-OH is 1. The minimum Gasteiger partial charge on any atom is -0.390 e. The highest BCUT2D eigenvalue weighted by atomic mass is 16.3. The molecule has 0 saturated carbocycles. The fourth-order valence-corrected chi connectivity index (χ4v) is 1.84. The third-order valence-electron chi connectivity index (χ3n) is 2.90. The fraction of sp³-hybridized carbons (Fsp3) is 0.700. The van der Waals surface area contributed by atoms with Crippen LogP contribution in [0, 0.1) is 0 Å². The van der Waals surface area contributed by atoms with Gasteiger partial charge in [-0.1, -0.05) is 5.21 Å². The Bertz CT molecular complexity index is 386. The molecule has 0 radical (unpaired) electrons. The Morgan fingerprint density at radius 1 is 1.59 bits per heavy atom. The molecule has 1 fully saturated rings. The van der Waals surface area contributed by atoms with E-state index in [9.17, 15) is 4.79 Å². The number of carbonyl (C=O) groups is 1. The molecule has 1 aliphatic rings. The zero-order valence-electron chi connectivity index (χ0n) is 9.83. The van der Waals surface area contributed by atoms with Gasteiger partial charge in [-0.3, -0.25) is 4.79 Å². The summed E-state index contributed by atoms with van der Waals surface area (Å²) in [4.78, 5) is 14.0. The zero-order chi connectivity index (χ0) is 12.3. The monoisotopic (exact) mass is 239 g/mol. The third kappa shape index (κ3) is 2.62. The van der Waals surface area contributed by atoms with Gasteiger partial charge in [-0.25, -0.2) is 4.68 Å². The van der Waals surface area contributed by atoms with E-state index in [0.717, 1.165) is 26.2 Å². The minimum absolute atomic E-state index is 0.0425. The molecule has 7 nitrogen and oxygen atoms in total. The molecule has 7 heteroatoms. The van der Waals surface area contributed by atoms with Crippen molar-refractivity contribution in [2.24, 2.45) is 0 Å². The zero-order valence-corrected chi connectivity index (χ0v) is 9.83. The second-order valence-electron chi connectivity index (χ2n) is 4.10. The predicted molar refractivity (Wildman–Crippen MR) is 60.1 cm³/mol. The number of carbonyl (C=O) groups excluding carboxylic acids is 1. The maximum Gasteiger partial charge on any atom is 0.247 e. The lowest BCUT2D eigenvalue weighted by atomic mass is 10.2. The van der Waals surface area contributed by atoms with Gasteiger partial charge in [-0.05, 0) is 6.92 Å². The highest BCUT2D eigenvalue weighted by Crippen LogP contribution is 2.10. The molecule has 2 heterocycles. The van der Waals surface area contributed by atoms with Crippen molar-refractivity contribution in [3.8, 4) is 0 Å². The molecule has 94 valence electrons. The smallest absolute Gasteiger partial charge is 0.247 e. The molecule has 1 atom stereocenters. The first kappa shape index (κ1) is 12.0. The lowest BCUT2D eigenvalue weighted by molar-refractivity contribution is -0.135. The van der Waals surface area contributed by atoms with Crippen LogP contribution in [0.4, 0.5) is 0 Å². The predicted octanol–water partition coefficient (Wildman–Crippen LogP) is -1.24. The van der Waals surface area contributed by atoms with Gasteiger partial charge in [0.25, 0.3) is 0 Å². The van der Waals surface area contributed by atoms with Gasteiger partial charge in [0.05, 0.1) is 12.8 Å². The van der Waals surface area contributed by atoms with E-state index in [2.05, 4.69) is 15.6 Å². The molecule has 0 aliphatic carbocycles. The number of hydrogen-bond acceptors (Lipinski definition) is 5. The maximum atomic E-state index is 12.1. The summed E-state index contributed by atoms with van der Waals surface area (Å²) in [5.41, 5.74) is 0.477. The SMILES string of the molecule is CC(C(=O)N1CCNCC1)n1cc(CO)nn1. The molecule has 0 bridgehead atoms. The van der Waals surface area contributed by atoms with Gasteiger partial charge >= 0.3 is 0 Å². The molecule has 2 N–H and O–H groups in total. The van der Waals surface area contributed by atoms with Crippen LogP contribution < -0.4 is 5.32 Å². The molecule has 1 aliphatic heterocycles. The van der Waals surface area contributed by atoms with Gasteiger partial charge < -0.3 is 15.3 Å². The van der Waals surface area contributed by atoms with E-state index in [1.807, 2.05) is 4.90 Å². The molecular weight excluding hydrogens is 222 g/mol. The van der Waals surface area contributed by atoms with E-state index < -0.39 is 0 Å². The average molecular weight is 239 g/mol. The van der Waals surface area contributed by atoms with Crippen LogP contribution in [0.5, 0.6) is 0 Å². The summed E-state index contributed by atoms with van der Waals surface area (Å²) in [7, 11) is 0. The van der Waals surface area contributed by atoms with Crippen molar-refractivity contribution in [1.82, 2.24) is 25.2 Å². The van der Waals surface area contributed by atoms with Gasteiger partial charge in [0.1, 0.15) is 11.7 Å². The number of nitrogens with one attached hydrogen (secondary N) is 1. The summed E-state index contributed by atoms with van der Waals surface area (Å²) >= 11 is 0. The van der Waals surface area contributed by atoms with Crippen molar-refractivity contribution in [3.63, 3.8) is 0 Å². The summed E-state index contributed by atoms with van der Waals surface area (Å²) in [5, 5.41) is 19.7. The average Bonchev–Trinajstić information content (AvgIpc) is 2.87. The third-order valence-corrected chi connectivity index (χ3v) is 2.90. The van der Waals surface area contributed by atoms with E-state index in [1.165, 1.54) is 4.68 Å². The number of hydrogen-bond donors (Lipinski definition) is 2. The molecule has 1 saturated heterocycles. The van der Waals surface area contributed by atoms with E-state index in [0.29, 0.717) is 5.69 Å². The molecule has 1 amide bonds. The van der Waals surface area contributed by atoms with Crippen molar-refractivity contribution >= 4 is 5.91 Å². The van der Waals surface area contributed by atoms with Gasteiger partial charge in [-0.2, -0.15) is 0 Å². The molecule has 0 spiro atoms. The number of rotatable bonds is 3. The second kappa shape index (κ2) is 5.24. The van der Waals surface area contributed by atoms with E-state index in [1.54, 1.807) is 13.1 Å². The first-order valence-corrected chi connectivity index (χ1v) is 5.73. The van der Waals surface area contributed by atoms with Crippen LogP contribution in [-0.4, -0.2) is 57.1 Å². The highest BCUT2D eigenvalue weighted by Gasteiger charge is 2.23. The Kier molecular flexibility index (Phi) is 3.70. The van der Waals surface area contributed by atoms with E-state index in [-0.39, 0.29) is 18.6 Å². The maximum absolute atomic E-state index is 12.1. The Morgan fingerprint density at radius 3 is 2.88 bits per heavy atom. The second-order valence-corrected chi connectivity index (χ2v) is 4.10. The van der Waals surface area contributed by atoms with Crippen molar-refractivity contribution in [3.05, 3.63) is 11.9 Å². The number of aliphatic hydroxyl groups is 1. The molecular formula is C10H17N5O2. The van der Waals surface area contributed by atoms with Crippen LogP contribution >= 0.6 is 0 Å². The quantitative estimate of drug-likeness (QED) is 0.689. The van der Waals surface area contributed by atoms with Crippen LogP contribution in [0.3, 0.4) is 0 Å². The van der Waals surface area contributed by atoms with E-state index in [4.69, 9.17) is 5.11 Å². The van der Waals surface area contributed by atoms with Crippen LogP contribution in [0.15, 0.2) is 6.20 Å². The number of nitrogens with zero attached hydrogens (tertiary/aromatic N) is 4. The normalized spacial score (nSPS) is 18.1. The summed E-state index contributed by atoms with van der Waals surface area (Å²) in [5.74, 6) is 0.0425. The van der Waals surface area contributed by atoms with Gasteiger partial charge in [-0.15, -0.1) is 5.10 Å². The van der Waals surface area contributed by atoms with Gasteiger partial charge in [0.15, 0.2) is 0 Å². The number of piperazine rings is 1. The summed E-state index contributed by atoms with van der Waals surface area (Å²) < 4.78 is 1.50. The Labute approximate surface area is 99.4 Å². The van der Waals surface area contributed by atoms with Crippen LogP contribution in [0.2, 0.25) is 0 Å². The lowest BCUT2D eigenvalue weighted by Gasteiger charge is -2.29. The van der Waals surface area contributed by atoms with Crippen LogP contribution in [-0.2, 0) is 11.4 Å². The number of aromatic nitrogens is 3. The largest absolute Gasteiger partial charge is 0.390 e. The first-order chi connectivity index (χ1) is 8.22. The van der Waals surface area contributed by atoms with Crippen LogP contribution in [0.1, 0.15) is 18.7 Å². The fourth-order valence-electron chi connectivity index (χ4n) is 1.84. The molecule has 0 aromatic carbocycles. The Morgan fingerprint density at radius 2 is 2.29 bits per heavy atom. The Hall–Kier alpha value is -1.47. The Balaban J connectivity index is 2.02. The topological polar surface area (TPSA) is 83.3 Å². The summed E-state index contributed by atoms with van der Waals surface area (Å²) in [6.07, 6.45) is 1.60. The van der Waals surface area contributed by atoms with Gasteiger partial charge in [0.2, 0.25) is 5.91 Å². The molecule has 1 aromatic rings. The minimum atomic E-state index is -0.374. The standard InChI is InChI=1S/C10H17N5O2/c1-8(15-6-9(7-16)12-13-15)10(17)14-4-2-11-3-5-14/h6,8,11,16H,2-5,7H2,1H3. The van der Waals surface area contributed by atoms with E-state index >= 15 is 0 Å². The van der Waals surface area contributed by atoms with Crippen molar-refractivity contribution in [2.75, 3.05) is 26.2 Å². The lowest BCUT2D eigenvalue weighted by Crippen LogP contribution is -2.48. The number of amides is 1. The summed E-state index contributed by atoms with van der Waals surface area (Å²) in [6, 6.07) is -0.374. The molecule has 1 unspecified atom stereocenters. The van der Waals surface area contributed by atoms with Crippen LogP contribution in [0.25, 0.3) is 0 Å². The highest BCUT2D eigenvalue weighted by molar-refractivity contribution is 5.80.